The lowest BCUT2D eigenvalue weighted by Gasteiger charge is -2.30. The van der Waals surface area contributed by atoms with Crippen LogP contribution in [0.1, 0.15) is 42.8 Å². The van der Waals surface area contributed by atoms with Crippen molar-refractivity contribution in [1.82, 2.24) is 15.2 Å². The molecule has 2 amide bonds. The Kier molecular flexibility index (Phi) is 9.63. The lowest BCUT2D eigenvalue weighted by Crippen LogP contribution is -3.17. The number of amides is 2. The highest BCUT2D eigenvalue weighted by Gasteiger charge is 2.28. The number of nitrogen functional groups attached to an aromatic ring is 1. The number of hydrogen-bond acceptors (Lipinski definition) is 6. The highest BCUT2D eigenvalue weighted by Crippen LogP contribution is 2.37. The Morgan fingerprint density at radius 1 is 1.10 bits per heavy atom. The number of carbonyl (C=O) groups is 2. The number of pyridine rings is 1. The molecule has 1 saturated heterocycles. The molecule has 0 radical (unpaired) electrons. The predicted octanol–water partition coefficient (Wildman–Crippen LogP) is 3.78. The van der Waals surface area contributed by atoms with Crippen molar-refractivity contribution in [3.05, 3.63) is 75.7 Å². The minimum Gasteiger partial charge on any atom is -0.482 e. The standard InChI is InChI=1S/C29H32Cl2FN5O3/c1-17(2)35-25(38)16-36-10-12-37(13-11-36)29(39)20-6-4-19(5-7-20)21-14-24(28(33)34-15-21)40-18(3)26-22(30)8-9-23(32)27(26)31/h4-9,14-15,17-18H,10-13,16H2,1-3H3,(H2,33,34)(H,35,38)/p+1. The van der Waals surface area contributed by atoms with Gasteiger partial charge in [0.15, 0.2) is 11.6 Å². The number of piperazine rings is 1. The van der Waals surface area contributed by atoms with E-state index in [1.165, 1.54) is 12.1 Å². The number of carbonyl (C=O) groups excluding carboxylic acids is 2. The van der Waals surface area contributed by atoms with E-state index in [4.69, 9.17) is 33.7 Å². The van der Waals surface area contributed by atoms with Crippen molar-refractivity contribution in [3.8, 4) is 16.9 Å². The molecule has 1 unspecified atom stereocenters. The van der Waals surface area contributed by atoms with Gasteiger partial charge in [0.1, 0.15) is 11.9 Å². The number of quaternary nitrogens is 1. The lowest BCUT2D eigenvalue weighted by atomic mass is 10.0. The number of rotatable bonds is 8. The first kappa shape index (κ1) is 29.7. The van der Waals surface area contributed by atoms with E-state index in [-0.39, 0.29) is 33.7 Å². The summed E-state index contributed by atoms with van der Waals surface area (Å²) in [6.07, 6.45) is 0.925. The maximum atomic E-state index is 14.0. The summed E-state index contributed by atoms with van der Waals surface area (Å²) in [7, 11) is 0. The average molecular weight is 590 g/mol. The number of anilines is 1. The number of halogens is 3. The van der Waals surface area contributed by atoms with Crippen LogP contribution in [-0.4, -0.2) is 60.5 Å². The van der Waals surface area contributed by atoms with Gasteiger partial charge in [-0.1, -0.05) is 35.3 Å². The Balaban J connectivity index is 1.41. The third-order valence-corrected chi connectivity index (χ3v) is 7.46. The summed E-state index contributed by atoms with van der Waals surface area (Å²) >= 11 is 12.4. The van der Waals surface area contributed by atoms with Crippen LogP contribution in [0.25, 0.3) is 11.1 Å². The number of hydrogen-bond donors (Lipinski definition) is 3. The second kappa shape index (κ2) is 13.0. The van der Waals surface area contributed by atoms with Gasteiger partial charge >= 0.3 is 5.91 Å². The molecule has 2 heterocycles. The number of nitrogens with one attached hydrogen (secondary N) is 2. The molecule has 4 rings (SSSR count). The van der Waals surface area contributed by atoms with Gasteiger partial charge in [-0.15, -0.1) is 0 Å². The van der Waals surface area contributed by atoms with Gasteiger partial charge in [-0.2, -0.15) is 0 Å². The van der Waals surface area contributed by atoms with Crippen LogP contribution in [0.2, 0.25) is 10.0 Å². The highest BCUT2D eigenvalue weighted by molar-refractivity contribution is 6.36. The number of nitrogens with zero attached hydrogens (tertiary/aromatic N) is 2. The molecule has 0 bridgehead atoms. The van der Waals surface area contributed by atoms with Gasteiger partial charge < -0.3 is 15.8 Å². The van der Waals surface area contributed by atoms with Gasteiger partial charge in [-0.3, -0.25) is 14.6 Å². The van der Waals surface area contributed by atoms with Crippen LogP contribution in [0.4, 0.5) is 10.2 Å². The van der Waals surface area contributed by atoms with Crippen LogP contribution in [0.5, 0.6) is 5.75 Å². The maximum absolute atomic E-state index is 14.0. The van der Waals surface area contributed by atoms with Crippen LogP contribution < -0.4 is 20.7 Å². The fourth-order valence-corrected chi connectivity index (χ4v) is 5.35. The first-order chi connectivity index (χ1) is 19.0. The van der Waals surface area contributed by atoms with Crippen LogP contribution in [-0.2, 0) is 4.79 Å². The van der Waals surface area contributed by atoms with Gasteiger partial charge in [0.2, 0.25) is 5.91 Å². The summed E-state index contributed by atoms with van der Waals surface area (Å²) in [6.45, 7) is 8.53. The minimum atomic E-state index is -0.692. The van der Waals surface area contributed by atoms with E-state index in [2.05, 4.69) is 15.2 Å². The van der Waals surface area contributed by atoms with E-state index in [1.807, 2.05) is 26.0 Å². The minimum absolute atomic E-state index is 0.00194. The normalized spacial score (nSPS) is 15.2. The van der Waals surface area contributed by atoms with Crippen LogP contribution in [0, 0.1) is 5.82 Å². The molecular weight excluding hydrogens is 556 g/mol. The van der Waals surface area contributed by atoms with E-state index in [9.17, 15) is 14.0 Å². The van der Waals surface area contributed by atoms with Crippen LogP contribution in [0.15, 0.2) is 48.7 Å². The SMILES string of the molecule is CC(C)NC(=O)CN1CC[NH+](C(=O)c2ccc(-c3cnc(N)c(OC(C)c4c(Cl)ccc(F)c4Cl)c3)cc2)CC1. The molecule has 1 atom stereocenters. The smallest absolute Gasteiger partial charge is 0.344 e. The number of ether oxygens (including phenoxy) is 1. The molecule has 1 aliphatic heterocycles. The molecule has 0 spiro atoms. The molecule has 212 valence electrons. The molecule has 4 N–H and O–H groups in total. The Bertz CT molecular complexity index is 1380. The van der Waals surface area contributed by atoms with Crippen molar-refractivity contribution < 1.29 is 23.6 Å². The van der Waals surface area contributed by atoms with Crippen molar-refractivity contribution in [2.24, 2.45) is 0 Å². The Morgan fingerprint density at radius 2 is 1.77 bits per heavy atom. The predicted molar refractivity (Wildman–Crippen MR) is 154 cm³/mol. The van der Waals surface area contributed by atoms with Gasteiger partial charge in [-0.25, -0.2) is 14.2 Å². The van der Waals surface area contributed by atoms with Gasteiger partial charge in [0, 0.05) is 41.5 Å². The molecule has 0 aliphatic carbocycles. The van der Waals surface area contributed by atoms with Crippen LogP contribution >= 0.6 is 23.2 Å². The van der Waals surface area contributed by atoms with E-state index >= 15 is 0 Å². The fourth-order valence-electron chi connectivity index (χ4n) is 4.67. The van der Waals surface area contributed by atoms with E-state index < -0.39 is 11.9 Å². The quantitative estimate of drug-likeness (QED) is 0.346. The Labute approximate surface area is 243 Å². The highest BCUT2D eigenvalue weighted by atomic mass is 35.5. The van der Waals surface area contributed by atoms with E-state index in [0.717, 1.165) is 16.0 Å². The second-order valence-corrected chi connectivity index (χ2v) is 10.9. The molecule has 8 nitrogen and oxygen atoms in total. The molecule has 11 heteroatoms. The maximum Gasteiger partial charge on any atom is 0.344 e. The summed E-state index contributed by atoms with van der Waals surface area (Å²) in [6, 6.07) is 11.7. The summed E-state index contributed by atoms with van der Waals surface area (Å²) in [5, 5.41) is 3.07. The third-order valence-electron chi connectivity index (χ3n) is 6.75. The third kappa shape index (κ3) is 7.09. The monoisotopic (exact) mass is 588 g/mol. The largest absolute Gasteiger partial charge is 0.482 e. The van der Waals surface area contributed by atoms with Crippen molar-refractivity contribution in [2.75, 3.05) is 38.5 Å². The summed E-state index contributed by atoms with van der Waals surface area (Å²) in [5.41, 5.74) is 8.53. The van der Waals surface area contributed by atoms with Gasteiger partial charge in [0.05, 0.1) is 30.2 Å². The molecule has 0 saturated carbocycles. The van der Waals surface area contributed by atoms with Gasteiger partial charge in [0.25, 0.3) is 0 Å². The summed E-state index contributed by atoms with van der Waals surface area (Å²) < 4.78 is 20.0. The van der Waals surface area contributed by atoms with Crippen molar-refractivity contribution >= 4 is 40.8 Å². The molecule has 40 heavy (non-hydrogen) atoms. The fraction of sp³-hybridized carbons (Fsp3) is 0.345. The zero-order chi connectivity index (χ0) is 29.0. The zero-order valence-corrected chi connectivity index (χ0v) is 24.2. The van der Waals surface area contributed by atoms with Crippen molar-refractivity contribution in [1.29, 1.82) is 0 Å². The molecule has 2 aromatic carbocycles. The first-order valence-corrected chi connectivity index (χ1v) is 13.9. The molecule has 1 aliphatic rings. The van der Waals surface area contributed by atoms with Gasteiger partial charge in [-0.05, 0) is 56.7 Å². The molecule has 1 fully saturated rings. The average Bonchev–Trinajstić information content (AvgIpc) is 2.92. The summed E-state index contributed by atoms with van der Waals surface area (Å²) in [5.74, 6) is -0.109. The van der Waals surface area contributed by atoms with Crippen LogP contribution in [0.3, 0.4) is 0 Å². The topological polar surface area (TPSA) is 102 Å². The second-order valence-electron chi connectivity index (χ2n) is 10.1. The lowest BCUT2D eigenvalue weighted by molar-refractivity contribution is -0.819. The molecule has 1 aromatic heterocycles. The number of nitrogens with two attached hydrogens (primary N) is 1. The zero-order valence-electron chi connectivity index (χ0n) is 22.6. The van der Waals surface area contributed by atoms with Crippen molar-refractivity contribution in [2.45, 2.75) is 32.9 Å². The van der Waals surface area contributed by atoms with E-state index in [1.54, 1.807) is 31.3 Å². The molecule has 3 aromatic rings. The Hall–Kier alpha value is -3.24. The molecular formula is C29H33Cl2FN5O3+. The van der Waals surface area contributed by atoms with E-state index in [0.29, 0.717) is 49.6 Å². The number of benzene rings is 2. The first-order valence-electron chi connectivity index (χ1n) is 13.1. The number of aromatic nitrogens is 1. The van der Waals surface area contributed by atoms with Crippen molar-refractivity contribution in [3.63, 3.8) is 0 Å². The Morgan fingerprint density at radius 3 is 2.42 bits per heavy atom. The summed E-state index contributed by atoms with van der Waals surface area (Å²) in [4.78, 5) is 32.3.